The molecule has 0 saturated carbocycles. The molecule has 0 aliphatic carbocycles. The highest BCUT2D eigenvalue weighted by Gasteiger charge is 2.18. The highest BCUT2D eigenvalue weighted by Crippen LogP contribution is 2.28. The van der Waals surface area contributed by atoms with Crippen molar-refractivity contribution in [1.82, 2.24) is 10.6 Å². The zero-order chi connectivity index (χ0) is 20.1. The van der Waals surface area contributed by atoms with E-state index in [1.54, 1.807) is 30.3 Å². The van der Waals surface area contributed by atoms with Crippen LogP contribution < -0.4 is 20.3 Å². The number of anilines is 2. The summed E-state index contributed by atoms with van der Waals surface area (Å²) in [5.41, 5.74) is 1.74. The molecule has 0 radical (unpaired) electrons. The maximum absolute atomic E-state index is 13.7. The third kappa shape index (κ3) is 5.20. The minimum Gasteiger partial charge on any atom is -0.367 e. The Labute approximate surface area is 164 Å². The Hall–Kier alpha value is -2.65. The van der Waals surface area contributed by atoms with Crippen molar-refractivity contribution in [2.75, 3.05) is 42.1 Å². The molecule has 1 fully saturated rings. The van der Waals surface area contributed by atoms with Crippen molar-refractivity contribution in [1.29, 1.82) is 0 Å². The molecule has 0 spiro atoms. The second-order valence-corrected chi connectivity index (χ2v) is 8.37. The first-order valence-electron chi connectivity index (χ1n) is 8.92. The number of hydrogen-bond acceptors (Lipinski definition) is 5. The summed E-state index contributed by atoms with van der Waals surface area (Å²) in [5.74, 6) is -0.803. The van der Waals surface area contributed by atoms with Crippen molar-refractivity contribution in [3.05, 3.63) is 59.4 Å². The standard InChI is InChI=1S/C19H23FN4O3S/c1-28(26,27)23-17-12-14(6-7-18(17)24-10-8-21-9-11-24)19(25)22-13-15-4-2-3-5-16(15)20/h2-7,12,21,23H,8-11,13H2,1H3,(H,22,25). The smallest absolute Gasteiger partial charge is 0.251 e. The SMILES string of the molecule is CS(=O)(=O)Nc1cc(C(=O)NCc2ccccc2F)ccc1N1CCNCC1. The van der Waals surface area contributed by atoms with Gasteiger partial charge in [-0.05, 0) is 24.3 Å². The Morgan fingerprint density at radius 1 is 1.18 bits per heavy atom. The van der Waals surface area contributed by atoms with Crippen LogP contribution in [0, 0.1) is 5.82 Å². The lowest BCUT2D eigenvalue weighted by Crippen LogP contribution is -2.43. The van der Waals surface area contributed by atoms with E-state index in [0.717, 1.165) is 38.1 Å². The molecule has 1 aliphatic heterocycles. The molecule has 1 heterocycles. The van der Waals surface area contributed by atoms with E-state index in [2.05, 4.69) is 20.3 Å². The number of nitrogens with one attached hydrogen (secondary N) is 3. The Bertz CT molecular complexity index is 959. The van der Waals surface area contributed by atoms with Gasteiger partial charge < -0.3 is 15.5 Å². The van der Waals surface area contributed by atoms with Crippen molar-refractivity contribution in [2.24, 2.45) is 0 Å². The summed E-state index contributed by atoms with van der Waals surface area (Å²) < 4.78 is 39.8. The number of nitrogens with zero attached hydrogens (tertiary/aromatic N) is 1. The fourth-order valence-corrected chi connectivity index (χ4v) is 3.62. The lowest BCUT2D eigenvalue weighted by atomic mass is 10.1. The molecule has 7 nitrogen and oxygen atoms in total. The van der Waals surface area contributed by atoms with Gasteiger partial charge in [0, 0.05) is 43.9 Å². The maximum atomic E-state index is 13.7. The third-order valence-electron chi connectivity index (χ3n) is 4.41. The van der Waals surface area contributed by atoms with Gasteiger partial charge in [-0.25, -0.2) is 12.8 Å². The Kier molecular flexibility index (Phi) is 6.15. The maximum Gasteiger partial charge on any atom is 0.251 e. The lowest BCUT2D eigenvalue weighted by molar-refractivity contribution is 0.0950. The van der Waals surface area contributed by atoms with Gasteiger partial charge in [0.2, 0.25) is 10.0 Å². The second kappa shape index (κ2) is 8.57. The first kappa shape index (κ1) is 20.1. The fourth-order valence-electron chi connectivity index (χ4n) is 3.06. The van der Waals surface area contributed by atoms with Crippen molar-refractivity contribution < 1.29 is 17.6 Å². The van der Waals surface area contributed by atoms with Crippen LogP contribution in [0.3, 0.4) is 0 Å². The molecule has 1 amide bonds. The molecular weight excluding hydrogens is 383 g/mol. The monoisotopic (exact) mass is 406 g/mol. The van der Waals surface area contributed by atoms with Gasteiger partial charge in [0.15, 0.2) is 0 Å². The van der Waals surface area contributed by atoms with E-state index in [9.17, 15) is 17.6 Å². The van der Waals surface area contributed by atoms with Crippen LogP contribution in [0.25, 0.3) is 0 Å². The van der Waals surface area contributed by atoms with Gasteiger partial charge in [0.1, 0.15) is 5.82 Å². The predicted octanol–water partition coefficient (Wildman–Crippen LogP) is 1.54. The first-order chi connectivity index (χ1) is 13.3. The summed E-state index contributed by atoms with van der Waals surface area (Å²) in [6.45, 7) is 3.10. The molecule has 0 atom stereocenters. The second-order valence-electron chi connectivity index (χ2n) is 6.62. The lowest BCUT2D eigenvalue weighted by Gasteiger charge is -2.31. The number of carbonyl (C=O) groups excluding carboxylic acids is 1. The van der Waals surface area contributed by atoms with E-state index >= 15 is 0 Å². The summed E-state index contributed by atoms with van der Waals surface area (Å²) >= 11 is 0. The van der Waals surface area contributed by atoms with Gasteiger partial charge in [-0.2, -0.15) is 0 Å². The van der Waals surface area contributed by atoms with Crippen molar-refractivity contribution in [3.8, 4) is 0 Å². The summed E-state index contributed by atoms with van der Waals surface area (Å²) in [5, 5.41) is 5.91. The van der Waals surface area contributed by atoms with Crippen LogP contribution in [-0.2, 0) is 16.6 Å². The van der Waals surface area contributed by atoms with E-state index in [1.807, 2.05) is 0 Å². The van der Waals surface area contributed by atoms with Gasteiger partial charge >= 0.3 is 0 Å². The van der Waals surface area contributed by atoms with Crippen LogP contribution in [0.1, 0.15) is 15.9 Å². The molecule has 1 aliphatic rings. The molecule has 2 aromatic carbocycles. The topological polar surface area (TPSA) is 90.5 Å². The van der Waals surface area contributed by atoms with Gasteiger partial charge in [0.05, 0.1) is 17.6 Å². The zero-order valence-corrected chi connectivity index (χ0v) is 16.4. The van der Waals surface area contributed by atoms with E-state index in [1.165, 1.54) is 12.1 Å². The molecule has 0 unspecified atom stereocenters. The summed E-state index contributed by atoms with van der Waals surface area (Å²) in [7, 11) is -3.52. The number of rotatable bonds is 6. The van der Waals surface area contributed by atoms with Gasteiger partial charge in [0.25, 0.3) is 5.91 Å². The van der Waals surface area contributed by atoms with Crippen molar-refractivity contribution in [2.45, 2.75) is 6.54 Å². The molecule has 3 rings (SSSR count). The van der Waals surface area contributed by atoms with E-state index in [4.69, 9.17) is 0 Å². The van der Waals surface area contributed by atoms with Crippen LogP contribution in [0.2, 0.25) is 0 Å². The largest absolute Gasteiger partial charge is 0.367 e. The average Bonchev–Trinajstić information content (AvgIpc) is 2.66. The highest BCUT2D eigenvalue weighted by atomic mass is 32.2. The van der Waals surface area contributed by atoms with E-state index < -0.39 is 21.7 Å². The molecule has 1 saturated heterocycles. The van der Waals surface area contributed by atoms with E-state index in [0.29, 0.717) is 16.8 Å². The average molecular weight is 406 g/mol. The number of sulfonamides is 1. The Morgan fingerprint density at radius 2 is 1.89 bits per heavy atom. The summed E-state index contributed by atoms with van der Waals surface area (Å²) in [4.78, 5) is 14.6. The number of hydrogen-bond donors (Lipinski definition) is 3. The fraction of sp³-hybridized carbons (Fsp3) is 0.316. The number of halogens is 1. The van der Waals surface area contributed by atoms with Crippen LogP contribution >= 0.6 is 0 Å². The van der Waals surface area contributed by atoms with Gasteiger partial charge in [-0.1, -0.05) is 18.2 Å². The highest BCUT2D eigenvalue weighted by molar-refractivity contribution is 7.92. The number of carbonyl (C=O) groups is 1. The quantitative estimate of drug-likeness (QED) is 0.677. The molecule has 0 bridgehead atoms. The molecule has 150 valence electrons. The number of benzene rings is 2. The summed E-state index contributed by atoms with van der Waals surface area (Å²) in [6, 6.07) is 11.1. The Morgan fingerprint density at radius 3 is 2.57 bits per heavy atom. The van der Waals surface area contributed by atoms with Crippen molar-refractivity contribution in [3.63, 3.8) is 0 Å². The van der Waals surface area contributed by atoms with E-state index in [-0.39, 0.29) is 6.54 Å². The molecule has 2 aromatic rings. The van der Waals surface area contributed by atoms with Crippen LogP contribution in [0.5, 0.6) is 0 Å². The molecule has 3 N–H and O–H groups in total. The van der Waals surface area contributed by atoms with Crippen molar-refractivity contribution >= 4 is 27.3 Å². The van der Waals surface area contributed by atoms with Crippen LogP contribution in [-0.4, -0.2) is 46.8 Å². The normalized spacial score (nSPS) is 14.6. The number of amides is 1. The zero-order valence-electron chi connectivity index (χ0n) is 15.5. The predicted molar refractivity (Wildman–Crippen MR) is 108 cm³/mol. The van der Waals surface area contributed by atoms with Crippen LogP contribution in [0.4, 0.5) is 15.8 Å². The van der Waals surface area contributed by atoms with Gasteiger partial charge in [-0.15, -0.1) is 0 Å². The third-order valence-corrected chi connectivity index (χ3v) is 5.00. The van der Waals surface area contributed by atoms with Crippen LogP contribution in [0.15, 0.2) is 42.5 Å². The Balaban J connectivity index is 1.81. The molecule has 9 heteroatoms. The first-order valence-corrected chi connectivity index (χ1v) is 10.8. The molecule has 28 heavy (non-hydrogen) atoms. The molecular formula is C19H23FN4O3S. The molecule has 0 aromatic heterocycles. The van der Waals surface area contributed by atoms with Gasteiger partial charge in [-0.3, -0.25) is 9.52 Å². The number of piperazine rings is 1. The summed E-state index contributed by atoms with van der Waals surface area (Å²) in [6.07, 6.45) is 1.07. The minimum absolute atomic E-state index is 0.0416. The minimum atomic E-state index is -3.52.